The van der Waals surface area contributed by atoms with Crippen LogP contribution in [-0.4, -0.2) is 37.8 Å². The van der Waals surface area contributed by atoms with Crippen molar-refractivity contribution < 1.29 is 9.53 Å². The predicted octanol–water partition coefficient (Wildman–Crippen LogP) is 0.0693. The highest BCUT2D eigenvalue weighted by atomic mass is 35.5. The van der Waals surface area contributed by atoms with Crippen LogP contribution in [0.1, 0.15) is 0 Å². The fourth-order valence-electron chi connectivity index (χ4n) is 0.943. The quantitative estimate of drug-likeness (QED) is 0.437. The highest BCUT2D eigenvalue weighted by Crippen LogP contribution is 2.01. The second-order valence-corrected chi connectivity index (χ2v) is 3.14. The van der Waals surface area contributed by atoms with Gasteiger partial charge in [0.25, 0.3) is 0 Å². The Morgan fingerprint density at radius 2 is 2.47 bits per heavy atom. The molecule has 1 amide bonds. The molecule has 0 unspecified atom stereocenters. The summed E-state index contributed by atoms with van der Waals surface area (Å²) >= 11 is 5.38. The van der Waals surface area contributed by atoms with E-state index in [1.807, 2.05) is 0 Å². The van der Waals surface area contributed by atoms with E-state index in [0.717, 1.165) is 0 Å². The lowest BCUT2D eigenvalue weighted by Gasteiger charge is -2.05. The molecule has 0 spiro atoms. The van der Waals surface area contributed by atoms with Crippen molar-refractivity contribution in [2.24, 2.45) is 0 Å². The predicted molar refractivity (Wildman–Crippen MR) is 59.8 cm³/mol. The Hall–Kier alpha value is -1.07. The fraction of sp³-hybridized carbons (Fsp3) is 0.333. The second kappa shape index (κ2) is 6.42. The second-order valence-electron chi connectivity index (χ2n) is 2.76. The van der Waals surface area contributed by atoms with E-state index in [0.29, 0.717) is 23.8 Å². The molecule has 0 saturated carbocycles. The first-order chi connectivity index (χ1) is 7.22. The number of anilines is 1. The summed E-state index contributed by atoms with van der Waals surface area (Å²) in [6.45, 7) is 0.336. The van der Waals surface area contributed by atoms with Crippen molar-refractivity contribution in [2.75, 3.05) is 24.4 Å². The van der Waals surface area contributed by atoms with Crippen molar-refractivity contribution in [1.29, 1.82) is 0 Å². The standard InChI is InChI=1S/C9H10BClN2O2/c10-8-5-7(1-3-12-8)13-9(14)6-15-4-2-11/h1,3,5H,2,4,6H2,(H,12,13,14). The Bertz CT molecular complexity index is 336. The third-order valence-electron chi connectivity index (χ3n) is 1.52. The van der Waals surface area contributed by atoms with Crippen LogP contribution >= 0.6 is 11.6 Å². The average Bonchev–Trinajstić information content (AvgIpc) is 2.18. The number of nitrogens with zero attached hydrogens (tertiary/aromatic N) is 1. The van der Waals surface area contributed by atoms with Crippen LogP contribution in [0.2, 0.25) is 0 Å². The first-order valence-corrected chi connectivity index (χ1v) is 4.91. The minimum atomic E-state index is -0.245. The molecule has 1 N–H and O–H groups in total. The summed E-state index contributed by atoms with van der Waals surface area (Å²) in [5.74, 6) is 0.126. The maximum absolute atomic E-state index is 11.3. The smallest absolute Gasteiger partial charge is 0.250 e. The van der Waals surface area contributed by atoms with E-state index in [4.69, 9.17) is 24.2 Å². The molecular formula is C9H10BClN2O2. The van der Waals surface area contributed by atoms with E-state index < -0.39 is 0 Å². The Labute approximate surface area is 94.4 Å². The Morgan fingerprint density at radius 3 is 3.13 bits per heavy atom. The number of carbonyl (C=O) groups excluding carboxylic acids is 1. The molecule has 2 radical (unpaired) electrons. The summed E-state index contributed by atoms with van der Waals surface area (Å²) < 4.78 is 4.96. The summed E-state index contributed by atoms with van der Waals surface area (Å²) in [6.07, 6.45) is 1.52. The molecular weight excluding hydrogens is 214 g/mol. The van der Waals surface area contributed by atoms with Crippen LogP contribution in [0.3, 0.4) is 0 Å². The zero-order chi connectivity index (χ0) is 11.1. The van der Waals surface area contributed by atoms with Gasteiger partial charge in [0.1, 0.15) is 14.5 Å². The molecule has 0 aliphatic heterocycles. The van der Waals surface area contributed by atoms with Crippen molar-refractivity contribution in [1.82, 2.24) is 4.98 Å². The molecule has 0 aromatic carbocycles. The molecule has 0 atom stereocenters. The zero-order valence-electron chi connectivity index (χ0n) is 8.07. The van der Waals surface area contributed by atoms with Gasteiger partial charge in [-0.25, -0.2) is 0 Å². The normalized spacial score (nSPS) is 9.93. The number of halogens is 1. The topological polar surface area (TPSA) is 51.2 Å². The molecule has 0 aliphatic carbocycles. The molecule has 6 heteroatoms. The van der Waals surface area contributed by atoms with Crippen molar-refractivity contribution in [3.8, 4) is 0 Å². The fourth-order valence-corrected chi connectivity index (χ4v) is 1.05. The van der Waals surface area contributed by atoms with Gasteiger partial charge in [-0.05, 0) is 17.7 Å². The van der Waals surface area contributed by atoms with Crippen molar-refractivity contribution in [2.45, 2.75) is 0 Å². The van der Waals surface area contributed by atoms with Gasteiger partial charge in [0.15, 0.2) is 0 Å². The molecule has 15 heavy (non-hydrogen) atoms. The first kappa shape index (κ1) is 12.0. The number of rotatable bonds is 5. The van der Waals surface area contributed by atoms with Crippen molar-refractivity contribution >= 4 is 36.6 Å². The number of carbonyl (C=O) groups is 1. The van der Waals surface area contributed by atoms with Crippen LogP contribution in [0.5, 0.6) is 0 Å². The van der Waals surface area contributed by atoms with Gasteiger partial charge in [-0.2, -0.15) is 0 Å². The Kier molecular flexibility index (Phi) is 5.14. The molecule has 0 saturated heterocycles. The van der Waals surface area contributed by atoms with Crippen LogP contribution in [0.15, 0.2) is 18.3 Å². The lowest BCUT2D eigenvalue weighted by atomic mass is 10.0. The molecule has 0 fully saturated rings. The number of ether oxygens (including phenoxy) is 1. The van der Waals surface area contributed by atoms with Gasteiger partial charge in [-0.15, -0.1) is 11.6 Å². The summed E-state index contributed by atoms with van der Waals surface area (Å²) in [4.78, 5) is 15.1. The average molecular weight is 224 g/mol. The van der Waals surface area contributed by atoms with Crippen molar-refractivity contribution in [3.05, 3.63) is 18.3 Å². The third-order valence-corrected chi connectivity index (χ3v) is 1.67. The molecule has 4 nitrogen and oxygen atoms in total. The highest BCUT2D eigenvalue weighted by Gasteiger charge is 2.01. The van der Waals surface area contributed by atoms with Gasteiger partial charge in [-0.1, -0.05) is 0 Å². The van der Waals surface area contributed by atoms with E-state index in [2.05, 4.69) is 10.3 Å². The van der Waals surface area contributed by atoms with E-state index in [9.17, 15) is 4.79 Å². The van der Waals surface area contributed by atoms with Crippen LogP contribution in [-0.2, 0) is 9.53 Å². The molecule has 1 heterocycles. The van der Waals surface area contributed by atoms with Crippen LogP contribution in [0.4, 0.5) is 5.69 Å². The number of amides is 1. The van der Waals surface area contributed by atoms with E-state index in [-0.39, 0.29) is 12.5 Å². The van der Waals surface area contributed by atoms with E-state index in [1.54, 1.807) is 12.1 Å². The molecule has 0 aliphatic rings. The zero-order valence-corrected chi connectivity index (χ0v) is 8.83. The van der Waals surface area contributed by atoms with E-state index >= 15 is 0 Å². The number of hydrogen-bond acceptors (Lipinski definition) is 3. The van der Waals surface area contributed by atoms with Gasteiger partial charge in [0.05, 0.1) is 6.61 Å². The van der Waals surface area contributed by atoms with Gasteiger partial charge < -0.3 is 10.1 Å². The van der Waals surface area contributed by atoms with Gasteiger partial charge >= 0.3 is 0 Å². The third kappa shape index (κ3) is 4.81. The summed E-state index contributed by atoms with van der Waals surface area (Å²) in [5.41, 5.74) is 0.955. The lowest BCUT2D eigenvalue weighted by Crippen LogP contribution is -2.20. The maximum Gasteiger partial charge on any atom is 0.250 e. The molecule has 78 valence electrons. The summed E-state index contributed by atoms with van der Waals surface area (Å²) in [7, 11) is 5.44. The van der Waals surface area contributed by atoms with Crippen molar-refractivity contribution in [3.63, 3.8) is 0 Å². The highest BCUT2D eigenvalue weighted by molar-refractivity contribution is 6.30. The minimum Gasteiger partial charge on any atom is -0.370 e. The number of alkyl halides is 1. The van der Waals surface area contributed by atoms with Gasteiger partial charge in [0, 0.05) is 17.8 Å². The molecule has 1 aromatic rings. The van der Waals surface area contributed by atoms with Crippen LogP contribution < -0.4 is 10.9 Å². The Morgan fingerprint density at radius 1 is 1.67 bits per heavy atom. The van der Waals surface area contributed by atoms with E-state index in [1.165, 1.54) is 6.20 Å². The number of aromatic nitrogens is 1. The molecule has 1 rings (SSSR count). The summed E-state index contributed by atoms with van der Waals surface area (Å²) in [6, 6.07) is 3.22. The largest absolute Gasteiger partial charge is 0.370 e. The van der Waals surface area contributed by atoms with Gasteiger partial charge in [0.2, 0.25) is 5.91 Å². The first-order valence-electron chi connectivity index (χ1n) is 4.37. The lowest BCUT2D eigenvalue weighted by molar-refractivity contribution is -0.120. The van der Waals surface area contributed by atoms with Crippen LogP contribution in [0, 0.1) is 0 Å². The number of hydrogen-bond donors (Lipinski definition) is 1. The monoisotopic (exact) mass is 224 g/mol. The number of nitrogens with one attached hydrogen (secondary N) is 1. The van der Waals surface area contributed by atoms with Gasteiger partial charge in [-0.3, -0.25) is 9.78 Å². The molecule has 1 aromatic heterocycles. The van der Waals surface area contributed by atoms with Crippen LogP contribution in [0.25, 0.3) is 0 Å². The molecule has 0 bridgehead atoms. The minimum absolute atomic E-state index is 0.0189. The maximum atomic E-state index is 11.3. The summed E-state index contributed by atoms with van der Waals surface area (Å²) in [5, 5.41) is 2.61. The Balaban J connectivity index is 2.37. The number of pyridine rings is 1. The SMILES string of the molecule is [B]c1cc(NC(=O)COCCCl)ccn1.